The van der Waals surface area contributed by atoms with Gasteiger partial charge in [-0.2, -0.15) is 0 Å². The predicted octanol–water partition coefficient (Wildman–Crippen LogP) is 4.33. The molecule has 3 rings (SSSR count). The zero-order valence-electron chi connectivity index (χ0n) is 11.6. The number of rotatable bonds is 3. The van der Waals surface area contributed by atoms with E-state index in [1.807, 2.05) is 0 Å². The molecule has 1 aliphatic carbocycles. The number of aliphatic carboxylic acids is 1. The minimum Gasteiger partial charge on any atom is -0.480 e. The summed E-state index contributed by atoms with van der Waals surface area (Å²) in [5.74, 6) is 0.776. The van der Waals surface area contributed by atoms with E-state index in [4.69, 9.17) is 23.2 Å². The van der Waals surface area contributed by atoms with E-state index in [9.17, 15) is 9.90 Å². The molecule has 112 valence electrons. The first-order valence-corrected chi connectivity index (χ1v) is 7.80. The fourth-order valence-corrected chi connectivity index (χ4v) is 3.57. The maximum atomic E-state index is 11.2. The molecule has 0 amide bonds. The molecule has 2 aromatic rings. The van der Waals surface area contributed by atoms with Gasteiger partial charge >= 0.3 is 5.97 Å². The molecule has 1 fully saturated rings. The maximum Gasteiger partial charge on any atom is 0.323 e. The van der Waals surface area contributed by atoms with Gasteiger partial charge in [-0.15, -0.1) is 0 Å². The molecule has 6 heteroatoms. The molecule has 0 spiro atoms. The Bertz CT molecular complexity index is 711. The largest absolute Gasteiger partial charge is 0.480 e. The summed E-state index contributed by atoms with van der Waals surface area (Å²) in [6.07, 6.45) is 3.36. The Morgan fingerprint density at radius 1 is 1.38 bits per heavy atom. The lowest BCUT2D eigenvalue weighted by Crippen LogP contribution is -2.16. The molecule has 4 nitrogen and oxygen atoms in total. The minimum atomic E-state index is -0.882. The second-order valence-electron chi connectivity index (χ2n) is 5.72. The Morgan fingerprint density at radius 3 is 2.71 bits per heavy atom. The molecule has 1 N–H and O–H groups in total. The number of carboxylic acid groups (broad SMARTS) is 1. The molecule has 1 aliphatic rings. The number of hydrogen-bond donors (Lipinski definition) is 1. The first kappa shape index (κ1) is 14.7. The van der Waals surface area contributed by atoms with Crippen LogP contribution in [-0.2, 0) is 11.3 Å². The van der Waals surface area contributed by atoms with Crippen molar-refractivity contribution in [2.24, 2.45) is 5.92 Å². The second kappa shape index (κ2) is 5.50. The first-order valence-electron chi connectivity index (χ1n) is 7.04. The van der Waals surface area contributed by atoms with Crippen LogP contribution in [0.2, 0.25) is 10.0 Å². The van der Waals surface area contributed by atoms with E-state index in [1.165, 1.54) is 0 Å². The lowest BCUT2D eigenvalue weighted by atomic mass is 9.97. The summed E-state index contributed by atoms with van der Waals surface area (Å²) in [7, 11) is 0. The number of hydrogen-bond acceptors (Lipinski definition) is 2. The summed E-state index contributed by atoms with van der Waals surface area (Å²) in [5, 5.41) is 10.1. The van der Waals surface area contributed by atoms with E-state index < -0.39 is 5.97 Å². The van der Waals surface area contributed by atoms with E-state index in [-0.39, 0.29) is 6.54 Å². The predicted molar refractivity (Wildman–Crippen MR) is 83.1 cm³/mol. The molecule has 1 heterocycles. The highest BCUT2D eigenvalue weighted by molar-refractivity contribution is 6.42. The maximum absolute atomic E-state index is 11.2. The summed E-state index contributed by atoms with van der Waals surface area (Å²) in [6, 6.07) is 3.42. The fourth-order valence-electron chi connectivity index (χ4n) is 3.25. The number of benzene rings is 1. The van der Waals surface area contributed by atoms with Gasteiger partial charge < -0.3 is 9.67 Å². The van der Waals surface area contributed by atoms with Crippen molar-refractivity contribution in [1.82, 2.24) is 9.55 Å². The Hall–Kier alpha value is -1.26. The normalized spacial score (nSPS) is 22.0. The van der Waals surface area contributed by atoms with E-state index in [0.717, 1.165) is 30.6 Å². The van der Waals surface area contributed by atoms with Crippen LogP contribution in [-0.4, -0.2) is 20.6 Å². The van der Waals surface area contributed by atoms with Crippen LogP contribution in [0, 0.1) is 5.92 Å². The molecule has 2 atom stereocenters. The van der Waals surface area contributed by atoms with Crippen molar-refractivity contribution < 1.29 is 9.90 Å². The number of aromatic nitrogens is 2. The van der Waals surface area contributed by atoms with Gasteiger partial charge in [0.15, 0.2) is 0 Å². The summed E-state index contributed by atoms with van der Waals surface area (Å²) < 4.78 is 1.77. The van der Waals surface area contributed by atoms with Crippen molar-refractivity contribution in [3.05, 3.63) is 28.0 Å². The summed E-state index contributed by atoms with van der Waals surface area (Å²) in [4.78, 5) is 15.9. The SMILES string of the molecule is CC1CCCC1c1nc2cc(Cl)c(Cl)cc2n1CC(=O)O. The Morgan fingerprint density at radius 2 is 2.10 bits per heavy atom. The highest BCUT2D eigenvalue weighted by atomic mass is 35.5. The number of halogens is 2. The van der Waals surface area contributed by atoms with Crippen molar-refractivity contribution in [2.45, 2.75) is 38.6 Å². The van der Waals surface area contributed by atoms with Gasteiger partial charge in [0.2, 0.25) is 0 Å². The Balaban J connectivity index is 2.19. The summed E-state index contributed by atoms with van der Waals surface area (Å²) in [6.45, 7) is 2.09. The van der Waals surface area contributed by atoms with Gasteiger partial charge in [-0.1, -0.05) is 36.5 Å². The third-order valence-electron chi connectivity index (χ3n) is 4.31. The number of nitrogens with zero attached hydrogens (tertiary/aromatic N) is 2. The molecule has 2 unspecified atom stereocenters. The molecular weight excluding hydrogens is 311 g/mol. The number of carboxylic acids is 1. The monoisotopic (exact) mass is 326 g/mol. The molecule has 0 saturated heterocycles. The van der Waals surface area contributed by atoms with Crippen LogP contribution in [0.1, 0.15) is 37.9 Å². The van der Waals surface area contributed by atoms with Crippen LogP contribution in [0.5, 0.6) is 0 Å². The summed E-state index contributed by atoms with van der Waals surface area (Å²) >= 11 is 12.1. The molecule has 0 bridgehead atoms. The Labute approximate surface area is 132 Å². The van der Waals surface area contributed by atoms with Crippen LogP contribution in [0.3, 0.4) is 0 Å². The molecule has 1 aromatic heterocycles. The first-order chi connectivity index (χ1) is 9.97. The van der Waals surface area contributed by atoms with Gasteiger partial charge in [-0.05, 0) is 30.9 Å². The van der Waals surface area contributed by atoms with Gasteiger partial charge in [-0.25, -0.2) is 4.98 Å². The molecule has 0 aliphatic heterocycles. The topological polar surface area (TPSA) is 55.1 Å². The van der Waals surface area contributed by atoms with Gasteiger partial charge in [0.25, 0.3) is 0 Å². The van der Waals surface area contributed by atoms with Crippen LogP contribution >= 0.6 is 23.2 Å². The van der Waals surface area contributed by atoms with Gasteiger partial charge in [0, 0.05) is 5.92 Å². The van der Waals surface area contributed by atoms with Crippen LogP contribution in [0.4, 0.5) is 0 Å². The number of carbonyl (C=O) groups is 1. The highest BCUT2D eigenvalue weighted by Gasteiger charge is 2.30. The lowest BCUT2D eigenvalue weighted by molar-refractivity contribution is -0.137. The van der Waals surface area contributed by atoms with Crippen LogP contribution in [0.25, 0.3) is 11.0 Å². The van der Waals surface area contributed by atoms with E-state index in [1.54, 1.807) is 16.7 Å². The second-order valence-corrected chi connectivity index (χ2v) is 6.53. The van der Waals surface area contributed by atoms with E-state index in [0.29, 0.717) is 27.4 Å². The van der Waals surface area contributed by atoms with Crippen LogP contribution in [0.15, 0.2) is 12.1 Å². The number of imidazole rings is 1. The zero-order chi connectivity index (χ0) is 15.1. The number of fused-ring (bicyclic) bond motifs is 1. The van der Waals surface area contributed by atoms with Gasteiger partial charge in [-0.3, -0.25) is 4.79 Å². The fraction of sp³-hybridized carbons (Fsp3) is 0.467. The van der Waals surface area contributed by atoms with Crippen molar-refractivity contribution in [3.8, 4) is 0 Å². The smallest absolute Gasteiger partial charge is 0.323 e. The Kier molecular flexibility index (Phi) is 3.84. The van der Waals surface area contributed by atoms with E-state index in [2.05, 4.69) is 11.9 Å². The third kappa shape index (κ3) is 2.62. The minimum absolute atomic E-state index is 0.104. The van der Waals surface area contributed by atoms with Gasteiger partial charge in [0.1, 0.15) is 12.4 Å². The van der Waals surface area contributed by atoms with Crippen molar-refractivity contribution >= 4 is 40.2 Å². The van der Waals surface area contributed by atoms with Crippen LogP contribution < -0.4 is 0 Å². The zero-order valence-corrected chi connectivity index (χ0v) is 13.2. The molecular formula is C15H16Cl2N2O2. The standard InChI is InChI=1S/C15H16Cl2N2O2/c1-8-3-2-4-9(8)15-18-12-5-10(16)11(17)6-13(12)19(15)7-14(20)21/h5-6,8-9H,2-4,7H2,1H3,(H,20,21). The average Bonchev–Trinajstić information content (AvgIpc) is 2.95. The van der Waals surface area contributed by atoms with Crippen molar-refractivity contribution in [3.63, 3.8) is 0 Å². The highest BCUT2D eigenvalue weighted by Crippen LogP contribution is 2.40. The molecule has 0 radical (unpaired) electrons. The van der Waals surface area contributed by atoms with Gasteiger partial charge in [0.05, 0.1) is 21.1 Å². The molecule has 1 aromatic carbocycles. The summed E-state index contributed by atoms with van der Waals surface area (Å²) in [5.41, 5.74) is 1.45. The molecule has 21 heavy (non-hydrogen) atoms. The quantitative estimate of drug-likeness (QED) is 0.913. The van der Waals surface area contributed by atoms with E-state index >= 15 is 0 Å². The average molecular weight is 327 g/mol. The van der Waals surface area contributed by atoms with Crippen molar-refractivity contribution in [2.75, 3.05) is 0 Å². The third-order valence-corrected chi connectivity index (χ3v) is 5.03. The van der Waals surface area contributed by atoms with Crippen molar-refractivity contribution in [1.29, 1.82) is 0 Å². The lowest BCUT2D eigenvalue weighted by Gasteiger charge is -2.16. The molecule has 1 saturated carbocycles.